The normalized spacial score (nSPS) is 15.5. The average molecular weight is 499 g/mol. The lowest BCUT2D eigenvalue weighted by Crippen LogP contribution is -2.48. The van der Waals surface area contributed by atoms with Crippen LogP contribution in [0.2, 0.25) is 0 Å². The van der Waals surface area contributed by atoms with Gasteiger partial charge in [-0.25, -0.2) is 8.42 Å². The van der Waals surface area contributed by atoms with Crippen molar-refractivity contribution in [2.45, 2.75) is 17.9 Å². The van der Waals surface area contributed by atoms with Crippen LogP contribution in [0.15, 0.2) is 100 Å². The van der Waals surface area contributed by atoms with Gasteiger partial charge in [-0.15, -0.1) is 0 Å². The zero-order valence-electron chi connectivity index (χ0n) is 19.3. The van der Waals surface area contributed by atoms with E-state index in [1.54, 1.807) is 42.5 Å². The van der Waals surface area contributed by atoms with Gasteiger partial charge in [0.05, 0.1) is 17.1 Å². The van der Waals surface area contributed by atoms with Gasteiger partial charge in [0, 0.05) is 22.5 Å². The molecule has 4 aromatic carbocycles. The first-order valence-corrected chi connectivity index (χ1v) is 12.9. The second-order valence-electron chi connectivity index (χ2n) is 8.73. The van der Waals surface area contributed by atoms with Crippen LogP contribution in [0, 0.1) is 6.92 Å². The Morgan fingerprint density at radius 2 is 1.64 bits per heavy atom. The van der Waals surface area contributed by atoms with E-state index in [4.69, 9.17) is 9.15 Å². The van der Waals surface area contributed by atoms with Gasteiger partial charge in [0.15, 0.2) is 6.10 Å². The maximum atomic E-state index is 13.5. The number of carbonyl (C=O) groups is 1. The van der Waals surface area contributed by atoms with Gasteiger partial charge >= 0.3 is 0 Å². The molecule has 1 aromatic heterocycles. The summed E-state index contributed by atoms with van der Waals surface area (Å²) in [6.07, 6.45) is -1.05. The van der Waals surface area contributed by atoms with E-state index in [1.165, 1.54) is 16.4 Å². The molecule has 0 radical (unpaired) electrons. The molecule has 0 saturated heterocycles. The number of ether oxygens (including phenoxy) is 1. The van der Waals surface area contributed by atoms with Crippen LogP contribution in [-0.2, 0) is 14.8 Å². The summed E-state index contributed by atoms with van der Waals surface area (Å²) in [6, 6.07) is 26.6. The maximum Gasteiger partial charge on any atom is 0.267 e. The lowest BCUT2D eigenvalue weighted by atomic mass is 10.1. The fourth-order valence-corrected chi connectivity index (χ4v) is 5.96. The van der Waals surface area contributed by atoms with Crippen LogP contribution < -0.4 is 14.4 Å². The topological polar surface area (TPSA) is 88.9 Å². The van der Waals surface area contributed by atoms with E-state index >= 15 is 0 Å². The van der Waals surface area contributed by atoms with Crippen LogP contribution >= 0.6 is 0 Å². The first-order chi connectivity index (χ1) is 17.4. The van der Waals surface area contributed by atoms with Crippen molar-refractivity contribution in [2.75, 3.05) is 16.2 Å². The van der Waals surface area contributed by atoms with Gasteiger partial charge in [0.2, 0.25) is 0 Å². The van der Waals surface area contributed by atoms with Crippen LogP contribution in [0.4, 0.5) is 11.4 Å². The number of sulfonamides is 1. The quantitative estimate of drug-likeness (QED) is 0.354. The van der Waals surface area contributed by atoms with Crippen molar-refractivity contribution >= 4 is 49.2 Å². The number of nitrogens with one attached hydrogen (secondary N) is 1. The minimum atomic E-state index is -3.92. The molecule has 0 fully saturated rings. The number of para-hydroxylation sites is 1. The number of anilines is 2. The highest BCUT2D eigenvalue weighted by atomic mass is 32.2. The molecule has 36 heavy (non-hydrogen) atoms. The Labute approximate surface area is 208 Å². The number of carbonyl (C=O) groups excluding carboxylic acids is 1. The lowest BCUT2D eigenvalue weighted by molar-refractivity contribution is -0.122. The van der Waals surface area contributed by atoms with Crippen LogP contribution in [0.5, 0.6) is 5.75 Å². The lowest BCUT2D eigenvalue weighted by Gasteiger charge is -2.35. The molecule has 1 aliphatic heterocycles. The number of amides is 1. The molecule has 6 rings (SSSR count). The fourth-order valence-electron chi connectivity index (χ4n) is 4.47. The summed E-state index contributed by atoms with van der Waals surface area (Å²) >= 11 is 0. The number of hydrogen-bond acceptors (Lipinski definition) is 5. The van der Waals surface area contributed by atoms with Crippen molar-refractivity contribution in [1.82, 2.24) is 0 Å². The van der Waals surface area contributed by atoms with Crippen LogP contribution in [0.25, 0.3) is 21.9 Å². The molecule has 7 nitrogen and oxygen atoms in total. The van der Waals surface area contributed by atoms with Crippen LogP contribution in [0.1, 0.15) is 5.56 Å². The van der Waals surface area contributed by atoms with E-state index in [2.05, 4.69) is 5.32 Å². The first-order valence-electron chi connectivity index (χ1n) is 11.5. The van der Waals surface area contributed by atoms with Gasteiger partial charge in [-0.2, -0.15) is 0 Å². The standard InChI is InChI=1S/C28H22N2O5S/c1-18-11-14-25-23(15-18)30(36(32,33)20-7-3-2-4-8-20)17-27(35-25)28(31)29-19-12-13-22-21-9-5-6-10-24(21)34-26(22)16-19/h2-16,27H,17H2,1H3,(H,29,31). The Bertz CT molecular complexity index is 1730. The number of hydrogen-bond donors (Lipinski definition) is 1. The first kappa shape index (κ1) is 22.2. The van der Waals surface area contributed by atoms with Gasteiger partial charge in [-0.3, -0.25) is 9.10 Å². The van der Waals surface area contributed by atoms with Crippen molar-refractivity contribution in [2.24, 2.45) is 0 Å². The number of rotatable bonds is 4. The predicted octanol–water partition coefficient (Wildman–Crippen LogP) is 5.49. The van der Waals surface area contributed by atoms with E-state index in [1.807, 2.05) is 43.3 Å². The molecular weight excluding hydrogens is 476 g/mol. The van der Waals surface area contributed by atoms with Gasteiger partial charge in [-0.1, -0.05) is 42.5 Å². The molecule has 8 heteroatoms. The summed E-state index contributed by atoms with van der Waals surface area (Å²) in [7, 11) is -3.92. The summed E-state index contributed by atoms with van der Waals surface area (Å²) in [4.78, 5) is 13.4. The minimum absolute atomic E-state index is 0.147. The third-order valence-electron chi connectivity index (χ3n) is 6.25. The van der Waals surface area contributed by atoms with Crippen molar-refractivity contribution in [3.63, 3.8) is 0 Å². The van der Waals surface area contributed by atoms with Crippen LogP contribution in [0.3, 0.4) is 0 Å². The molecule has 1 atom stereocenters. The molecule has 1 amide bonds. The fraction of sp³-hybridized carbons (Fsp3) is 0.107. The Hall–Kier alpha value is -4.30. The second-order valence-corrected chi connectivity index (χ2v) is 10.6. The van der Waals surface area contributed by atoms with Crippen molar-refractivity contribution < 1.29 is 22.4 Å². The van der Waals surface area contributed by atoms with Crippen molar-refractivity contribution in [3.05, 3.63) is 96.6 Å². The molecule has 0 saturated carbocycles. The van der Waals surface area contributed by atoms with E-state index in [0.29, 0.717) is 22.7 Å². The van der Waals surface area contributed by atoms with Gasteiger partial charge in [0.25, 0.3) is 15.9 Å². The van der Waals surface area contributed by atoms with E-state index < -0.39 is 22.0 Å². The third-order valence-corrected chi connectivity index (χ3v) is 8.05. The second kappa shape index (κ2) is 8.42. The largest absolute Gasteiger partial charge is 0.476 e. The molecule has 0 aliphatic carbocycles. The number of aryl methyl sites for hydroxylation is 1. The molecule has 0 spiro atoms. The smallest absolute Gasteiger partial charge is 0.267 e. The van der Waals surface area contributed by atoms with Gasteiger partial charge in [0.1, 0.15) is 16.9 Å². The summed E-state index contributed by atoms with van der Waals surface area (Å²) in [5, 5.41) is 4.80. The SMILES string of the molecule is Cc1ccc2c(c1)N(S(=O)(=O)c1ccccc1)CC(C(=O)Nc1ccc3c(c1)oc1ccccc13)O2. The molecule has 1 unspecified atom stereocenters. The van der Waals surface area contributed by atoms with Gasteiger partial charge in [-0.05, 0) is 55.0 Å². The molecule has 1 N–H and O–H groups in total. The predicted molar refractivity (Wildman–Crippen MR) is 139 cm³/mol. The number of nitrogens with zero attached hydrogens (tertiary/aromatic N) is 1. The molecule has 180 valence electrons. The monoisotopic (exact) mass is 498 g/mol. The van der Waals surface area contributed by atoms with Crippen molar-refractivity contribution in [3.8, 4) is 5.75 Å². The Kier molecular flexibility index (Phi) is 5.19. The minimum Gasteiger partial charge on any atom is -0.476 e. The Morgan fingerprint density at radius 1 is 0.889 bits per heavy atom. The van der Waals surface area contributed by atoms with E-state index in [-0.39, 0.29) is 11.4 Å². The summed E-state index contributed by atoms with van der Waals surface area (Å²) in [6.45, 7) is 1.72. The van der Waals surface area contributed by atoms with Crippen LogP contribution in [-0.4, -0.2) is 27.0 Å². The van der Waals surface area contributed by atoms with E-state index in [9.17, 15) is 13.2 Å². The number of furan rings is 1. The molecular formula is C28H22N2O5S. The Balaban J connectivity index is 1.32. The molecule has 2 heterocycles. The summed E-state index contributed by atoms with van der Waals surface area (Å²) in [5.41, 5.74) is 3.23. The zero-order valence-corrected chi connectivity index (χ0v) is 20.2. The highest BCUT2D eigenvalue weighted by Gasteiger charge is 2.37. The highest BCUT2D eigenvalue weighted by molar-refractivity contribution is 7.92. The van der Waals surface area contributed by atoms with E-state index in [0.717, 1.165) is 21.9 Å². The molecule has 5 aromatic rings. The van der Waals surface area contributed by atoms with Crippen molar-refractivity contribution in [1.29, 1.82) is 0 Å². The summed E-state index contributed by atoms with van der Waals surface area (Å²) < 4.78 is 40.2. The highest BCUT2D eigenvalue weighted by Crippen LogP contribution is 2.38. The van der Waals surface area contributed by atoms with Gasteiger partial charge < -0.3 is 14.5 Å². The molecule has 0 bridgehead atoms. The zero-order chi connectivity index (χ0) is 24.9. The average Bonchev–Trinajstić information content (AvgIpc) is 3.26. The third kappa shape index (κ3) is 3.76. The Morgan fingerprint density at radius 3 is 2.47 bits per heavy atom. The summed E-state index contributed by atoms with van der Waals surface area (Å²) in [5.74, 6) is -0.121. The molecule has 1 aliphatic rings. The number of fused-ring (bicyclic) bond motifs is 4. The number of benzene rings is 4. The maximum absolute atomic E-state index is 13.5.